The Kier molecular flexibility index (Phi) is 5.70. The monoisotopic (exact) mass is 379 g/mol. The minimum Gasteiger partial charge on any atom is -0.497 e. The molecule has 0 radical (unpaired) electrons. The van der Waals surface area contributed by atoms with Gasteiger partial charge in [0, 0.05) is 18.4 Å². The molecule has 0 spiro atoms. The average Bonchev–Trinajstić information content (AvgIpc) is 3.51. The second-order valence-electron chi connectivity index (χ2n) is 6.81. The lowest BCUT2D eigenvalue weighted by atomic mass is 10.1. The van der Waals surface area contributed by atoms with Crippen LogP contribution in [0.5, 0.6) is 5.75 Å². The summed E-state index contributed by atoms with van der Waals surface area (Å²) in [6, 6.07) is 9.31. The van der Waals surface area contributed by atoms with Crippen LogP contribution in [0.15, 0.2) is 36.4 Å². The van der Waals surface area contributed by atoms with Crippen molar-refractivity contribution in [1.29, 1.82) is 0 Å². The van der Waals surface area contributed by atoms with Crippen molar-refractivity contribution in [2.24, 2.45) is 0 Å². The van der Waals surface area contributed by atoms with Crippen LogP contribution in [0.4, 0.5) is 18.9 Å². The van der Waals surface area contributed by atoms with E-state index in [1.165, 1.54) is 0 Å². The molecule has 1 aliphatic carbocycles. The maximum absolute atomic E-state index is 13.8. The number of benzene rings is 2. The van der Waals surface area contributed by atoms with Gasteiger partial charge in [0.1, 0.15) is 12.3 Å². The smallest absolute Gasteiger partial charge is 0.282 e. The first-order valence-electron chi connectivity index (χ1n) is 8.83. The number of rotatable bonds is 7. The fourth-order valence-corrected chi connectivity index (χ4v) is 3.12. The van der Waals surface area contributed by atoms with Crippen LogP contribution >= 0.6 is 0 Å². The van der Waals surface area contributed by atoms with Crippen LogP contribution in [-0.4, -0.2) is 25.1 Å². The molecule has 4 nitrogen and oxygen atoms in total. The van der Waals surface area contributed by atoms with Crippen molar-refractivity contribution in [1.82, 2.24) is 0 Å². The van der Waals surface area contributed by atoms with Crippen LogP contribution in [0.3, 0.4) is 0 Å². The molecular formula is C20H22F3N2O2+. The quantitative estimate of drug-likeness (QED) is 0.727. The molecule has 1 fully saturated rings. The molecule has 1 aliphatic rings. The van der Waals surface area contributed by atoms with E-state index in [4.69, 9.17) is 4.74 Å². The van der Waals surface area contributed by atoms with Gasteiger partial charge in [0.15, 0.2) is 23.5 Å². The molecule has 1 saturated carbocycles. The van der Waals surface area contributed by atoms with Crippen LogP contribution < -0.4 is 15.0 Å². The molecule has 27 heavy (non-hydrogen) atoms. The third kappa shape index (κ3) is 4.42. The number of hydrogen-bond acceptors (Lipinski definition) is 2. The Hall–Kier alpha value is -2.54. The van der Waals surface area contributed by atoms with Gasteiger partial charge in [-0.25, -0.2) is 13.2 Å². The van der Waals surface area contributed by atoms with Crippen molar-refractivity contribution in [3.63, 3.8) is 0 Å². The highest BCUT2D eigenvalue weighted by Gasteiger charge is 2.39. The van der Waals surface area contributed by atoms with Gasteiger partial charge in [-0.1, -0.05) is 0 Å². The SMILES string of the molecule is COc1ccc(C[NH+](C2CC2)[C@H](C)C(=O)Nc2ccc(F)c(F)c2F)cc1. The molecule has 7 heteroatoms. The number of methoxy groups -OCH3 is 1. The lowest BCUT2D eigenvalue weighted by Gasteiger charge is -2.25. The number of quaternary nitrogens is 1. The summed E-state index contributed by atoms with van der Waals surface area (Å²) < 4.78 is 45.4. The largest absolute Gasteiger partial charge is 0.497 e. The summed E-state index contributed by atoms with van der Waals surface area (Å²) in [5, 5.41) is 2.38. The van der Waals surface area contributed by atoms with Crippen LogP contribution in [0, 0.1) is 17.5 Å². The van der Waals surface area contributed by atoms with Gasteiger partial charge >= 0.3 is 0 Å². The highest BCUT2D eigenvalue weighted by Crippen LogP contribution is 2.20. The Bertz CT molecular complexity index is 823. The Balaban J connectivity index is 1.71. The first-order valence-corrected chi connectivity index (χ1v) is 8.83. The van der Waals surface area contributed by atoms with Crippen molar-refractivity contribution in [2.75, 3.05) is 12.4 Å². The number of hydrogen-bond donors (Lipinski definition) is 2. The van der Waals surface area contributed by atoms with Gasteiger partial charge in [-0.2, -0.15) is 0 Å². The molecule has 2 aromatic rings. The van der Waals surface area contributed by atoms with Crippen molar-refractivity contribution in [3.05, 3.63) is 59.4 Å². The van der Waals surface area contributed by atoms with E-state index in [0.717, 1.165) is 41.2 Å². The number of carbonyl (C=O) groups is 1. The number of halogens is 3. The van der Waals surface area contributed by atoms with Gasteiger partial charge in [-0.05, 0) is 43.3 Å². The number of amides is 1. The summed E-state index contributed by atoms with van der Waals surface area (Å²) >= 11 is 0. The normalized spacial score (nSPS) is 15.9. The fourth-order valence-electron chi connectivity index (χ4n) is 3.12. The van der Waals surface area contributed by atoms with Crippen molar-refractivity contribution >= 4 is 11.6 Å². The topological polar surface area (TPSA) is 42.8 Å². The third-order valence-electron chi connectivity index (χ3n) is 4.91. The van der Waals surface area contributed by atoms with Crippen LogP contribution in [0.25, 0.3) is 0 Å². The Morgan fingerprint density at radius 1 is 1.15 bits per heavy atom. The second-order valence-corrected chi connectivity index (χ2v) is 6.81. The Morgan fingerprint density at radius 3 is 2.41 bits per heavy atom. The summed E-state index contributed by atoms with van der Waals surface area (Å²) in [5.41, 5.74) is 0.696. The molecular weight excluding hydrogens is 357 g/mol. The van der Waals surface area contributed by atoms with Crippen molar-refractivity contribution in [2.45, 2.75) is 38.4 Å². The molecule has 0 heterocycles. The maximum Gasteiger partial charge on any atom is 0.282 e. The Morgan fingerprint density at radius 2 is 1.81 bits per heavy atom. The molecule has 0 aromatic heterocycles. The third-order valence-corrected chi connectivity index (χ3v) is 4.91. The van der Waals surface area contributed by atoms with Gasteiger partial charge < -0.3 is 15.0 Å². The lowest BCUT2D eigenvalue weighted by Crippen LogP contribution is -3.16. The zero-order valence-corrected chi connectivity index (χ0v) is 15.2. The average molecular weight is 379 g/mol. The van der Waals surface area contributed by atoms with E-state index >= 15 is 0 Å². The summed E-state index contributed by atoms with van der Waals surface area (Å²) in [4.78, 5) is 13.6. The zero-order valence-electron chi connectivity index (χ0n) is 15.2. The highest BCUT2D eigenvalue weighted by atomic mass is 19.2. The van der Waals surface area contributed by atoms with Gasteiger partial charge in [-0.15, -0.1) is 0 Å². The first kappa shape index (κ1) is 19.2. The van der Waals surface area contributed by atoms with E-state index in [1.54, 1.807) is 14.0 Å². The zero-order chi connectivity index (χ0) is 19.6. The van der Waals surface area contributed by atoms with Crippen molar-refractivity contribution < 1.29 is 27.6 Å². The van der Waals surface area contributed by atoms with Gasteiger partial charge in [0.25, 0.3) is 5.91 Å². The van der Waals surface area contributed by atoms with Gasteiger partial charge in [-0.3, -0.25) is 4.79 Å². The predicted molar refractivity (Wildman–Crippen MR) is 95.1 cm³/mol. The standard InChI is InChI=1S/C20H21F3N2O2/c1-12(20(26)24-17-10-9-16(21)18(22)19(17)23)25(14-5-6-14)11-13-3-7-15(27-2)8-4-13/h3-4,7-10,12,14H,5-6,11H2,1-2H3,(H,24,26)/p+1/t12-/m1/s1. The van der Waals surface area contributed by atoms with E-state index in [-0.39, 0.29) is 5.69 Å². The van der Waals surface area contributed by atoms with Crippen LogP contribution in [0.1, 0.15) is 25.3 Å². The molecule has 2 atom stereocenters. The fraction of sp³-hybridized carbons (Fsp3) is 0.350. The minimum absolute atomic E-state index is 0.350. The van der Waals surface area contributed by atoms with Crippen LogP contribution in [-0.2, 0) is 11.3 Å². The number of ether oxygens (including phenoxy) is 1. The Labute approximate surface area is 155 Å². The molecule has 2 N–H and O–H groups in total. The van der Waals surface area contributed by atoms with Gasteiger partial charge in [0.2, 0.25) is 0 Å². The highest BCUT2D eigenvalue weighted by molar-refractivity contribution is 5.93. The molecule has 3 rings (SSSR count). The van der Waals surface area contributed by atoms with E-state index in [9.17, 15) is 18.0 Å². The maximum atomic E-state index is 13.8. The number of nitrogens with one attached hydrogen (secondary N) is 2. The predicted octanol–water partition coefficient (Wildman–Crippen LogP) is 2.69. The van der Waals surface area contributed by atoms with Crippen LogP contribution in [0.2, 0.25) is 0 Å². The summed E-state index contributed by atoms with van der Waals surface area (Å²) in [6.45, 7) is 2.38. The molecule has 144 valence electrons. The van der Waals surface area contributed by atoms with E-state index in [0.29, 0.717) is 12.6 Å². The molecule has 0 aliphatic heterocycles. The first-order chi connectivity index (χ1) is 12.9. The second kappa shape index (κ2) is 8.00. The molecule has 0 saturated heterocycles. The van der Waals surface area contributed by atoms with Crippen molar-refractivity contribution in [3.8, 4) is 5.75 Å². The summed E-state index contributed by atoms with van der Waals surface area (Å²) in [5.74, 6) is -3.95. The number of anilines is 1. The van der Waals surface area contributed by atoms with Gasteiger partial charge in [0.05, 0.1) is 18.8 Å². The molecule has 1 amide bonds. The lowest BCUT2D eigenvalue weighted by molar-refractivity contribution is -0.938. The summed E-state index contributed by atoms with van der Waals surface area (Å²) in [7, 11) is 1.60. The van der Waals surface area contributed by atoms with E-state index < -0.39 is 29.4 Å². The van der Waals surface area contributed by atoms with E-state index in [2.05, 4.69) is 5.32 Å². The van der Waals surface area contributed by atoms with E-state index in [1.807, 2.05) is 24.3 Å². The molecule has 0 bridgehead atoms. The number of carbonyl (C=O) groups excluding carboxylic acids is 1. The molecule has 2 aromatic carbocycles. The molecule has 1 unspecified atom stereocenters. The minimum atomic E-state index is -1.59. The summed E-state index contributed by atoms with van der Waals surface area (Å²) in [6.07, 6.45) is 2.03.